The molecule has 0 radical (unpaired) electrons. The van der Waals surface area contributed by atoms with E-state index in [0.29, 0.717) is 50.8 Å². The Kier molecular flexibility index (Phi) is 7.11. The lowest BCUT2D eigenvalue weighted by Crippen LogP contribution is -2.52. The molecule has 8 nitrogen and oxygen atoms in total. The SMILES string of the molecule is CC(C)CNC(=O)[C@@H]1CCCCN1C(=O)c1cc2n(n1)CCCN(Cc1ccccc1)C2=O. The lowest BCUT2D eigenvalue weighted by atomic mass is 10.0. The van der Waals surface area contributed by atoms with Gasteiger partial charge in [0.25, 0.3) is 11.8 Å². The van der Waals surface area contributed by atoms with Crippen molar-refractivity contribution in [2.45, 2.75) is 58.7 Å². The van der Waals surface area contributed by atoms with E-state index < -0.39 is 6.04 Å². The van der Waals surface area contributed by atoms with Gasteiger partial charge in [0.05, 0.1) is 0 Å². The van der Waals surface area contributed by atoms with Gasteiger partial charge < -0.3 is 15.1 Å². The van der Waals surface area contributed by atoms with Crippen LogP contribution in [0.25, 0.3) is 0 Å². The molecule has 176 valence electrons. The van der Waals surface area contributed by atoms with Gasteiger partial charge in [0.1, 0.15) is 11.7 Å². The molecule has 1 aromatic heterocycles. The topological polar surface area (TPSA) is 87.5 Å². The maximum absolute atomic E-state index is 13.4. The first kappa shape index (κ1) is 23.0. The summed E-state index contributed by atoms with van der Waals surface area (Å²) in [4.78, 5) is 42.8. The first-order valence-corrected chi connectivity index (χ1v) is 11.9. The second-order valence-corrected chi connectivity index (χ2v) is 9.35. The number of piperidine rings is 1. The minimum Gasteiger partial charge on any atom is -0.354 e. The molecule has 0 saturated carbocycles. The molecular weight excluding hydrogens is 418 g/mol. The van der Waals surface area contributed by atoms with Gasteiger partial charge in [-0.15, -0.1) is 0 Å². The van der Waals surface area contributed by atoms with Crippen molar-refractivity contribution in [1.82, 2.24) is 24.9 Å². The third-order valence-corrected chi connectivity index (χ3v) is 6.27. The van der Waals surface area contributed by atoms with E-state index in [0.717, 1.165) is 24.8 Å². The Bertz CT molecular complexity index is 1000. The Balaban J connectivity index is 1.51. The van der Waals surface area contributed by atoms with Crippen LogP contribution in [0.15, 0.2) is 36.4 Å². The molecule has 1 aromatic carbocycles. The van der Waals surface area contributed by atoms with Gasteiger partial charge >= 0.3 is 0 Å². The number of hydrogen-bond donors (Lipinski definition) is 1. The summed E-state index contributed by atoms with van der Waals surface area (Å²) in [6.45, 7) is 6.94. The zero-order valence-electron chi connectivity index (χ0n) is 19.5. The predicted octanol–water partition coefficient (Wildman–Crippen LogP) is 2.70. The van der Waals surface area contributed by atoms with Gasteiger partial charge in [-0.05, 0) is 37.2 Å². The Hall–Kier alpha value is -3.16. The normalized spacial score (nSPS) is 18.8. The number of carbonyl (C=O) groups excluding carboxylic acids is 3. The first-order valence-electron chi connectivity index (χ1n) is 11.9. The Morgan fingerprint density at radius 2 is 1.88 bits per heavy atom. The summed E-state index contributed by atoms with van der Waals surface area (Å²) in [5, 5.41) is 7.45. The molecule has 3 heterocycles. The van der Waals surface area contributed by atoms with Crippen molar-refractivity contribution in [1.29, 1.82) is 0 Å². The third-order valence-electron chi connectivity index (χ3n) is 6.27. The molecule has 1 atom stereocenters. The molecule has 33 heavy (non-hydrogen) atoms. The highest BCUT2D eigenvalue weighted by Gasteiger charge is 2.35. The average molecular weight is 452 g/mol. The maximum Gasteiger partial charge on any atom is 0.275 e. The molecule has 2 aromatic rings. The van der Waals surface area contributed by atoms with Crippen molar-refractivity contribution in [2.24, 2.45) is 5.92 Å². The molecule has 0 aliphatic carbocycles. The standard InChI is InChI=1S/C25H33N5O3/c1-18(2)16-26-23(31)21-11-6-7-13-29(21)24(32)20-15-22-25(33)28(12-8-14-30(22)27-20)17-19-9-4-3-5-10-19/h3-5,9-10,15,18,21H,6-8,11-14,16-17H2,1-2H3,(H,26,31)/t21-/m0/s1. The fourth-order valence-corrected chi connectivity index (χ4v) is 4.51. The third kappa shape index (κ3) is 5.26. The number of aromatic nitrogens is 2. The lowest BCUT2D eigenvalue weighted by molar-refractivity contribution is -0.126. The molecule has 1 fully saturated rings. The van der Waals surface area contributed by atoms with Crippen LogP contribution in [0.1, 0.15) is 66.1 Å². The van der Waals surface area contributed by atoms with Gasteiger partial charge in [0.15, 0.2) is 5.69 Å². The van der Waals surface area contributed by atoms with E-state index >= 15 is 0 Å². The number of nitrogens with zero attached hydrogens (tertiary/aromatic N) is 4. The zero-order chi connectivity index (χ0) is 23.4. The van der Waals surface area contributed by atoms with E-state index in [9.17, 15) is 14.4 Å². The van der Waals surface area contributed by atoms with Gasteiger partial charge in [-0.2, -0.15) is 5.10 Å². The minimum atomic E-state index is -0.489. The number of aryl methyl sites for hydroxylation is 1. The van der Waals surface area contributed by atoms with E-state index in [1.807, 2.05) is 49.1 Å². The van der Waals surface area contributed by atoms with Gasteiger partial charge in [0, 0.05) is 38.8 Å². The van der Waals surface area contributed by atoms with Gasteiger partial charge in [-0.1, -0.05) is 44.2 Å². The van der Waals surface area contributed by atoms with E-state index in [-0.39, 0.29) is 23.4 Å². The fourth-order valence-electron chi connectivity index (χ4n) is 4.51. The van der Waals surface area contributed by atoms with Crippen LogP contribution < -0.4 is 5.32 Å². The van der Waals surface area contributed by atoms with Crippen molar-refractivity contribution in [3.63, 3.8) is 0 Å². The van der Waals surface area contributed by atoms with E-state index in [1.165, 1.54) is 0 Å². The molecule has 3 amide bonds. The summed E-state index contributed by atoms with van der Waals surface area (Å²) in [5.74, 6) is -0.159. The number of amides is 3. The molecule has 0 unspecified atom stereocenters. The quantitative estimate of drug-likeness (QED) is 0.732. The van der Waals surface area contributed by atoms with Crippen molar-refractivity contribution in [3.8, 4) is 0 Å². The smallest absolute Gasteiger partial charge is 0.275 e. The summed E-state index contributed by atoms with van der Waals surface area (Å²) >= 11 is 0. The Morgan fingerprint density at radius 3 is 2.64 bits per heavy atom. The number of rotatable bonds is 6. The lowest BCUT2D eigenvalue weighted by Gasteiger charge is -2.34. The second-order valence-electron chi connectivity index (χ2n) is 9.35. The van der Waals surface area contributed by atoms with Crippen LogP contribution in [0.5, 0.6) is 0 Å². The molecule has 1 N–H and O–H groups in total. The Morgan fingerprint density at radius 1 is 1.09 bits per heavy atom. The van der Waals surface area contributed by atoms with Crippen molar-refractivity contribution >= 4 is 17.7 Å². The van der Waals surface area contributed by atoms with Crippen LogP contribution in [-0.2, 0) is 17.9 Å². The van der Waals surface area contributed by atoms with Crippen molar-refractivity contribution < 1.29 is 14.4 Å². The second kappa shape index (κ2) is 10.2. The summed E-state index contributed by atoms with van der Waals surface area (Å²) in [7, 11) is 0. The molecule has 1 saturated heterocycles. The molecule has 2 aliphatic rings. The number of fused-ring (bicyclic) bond motifs is 1. The molecule has 4 rings (SSSR count). The molecular formula is C25H33N5O3. The maximum atomic E-state index is 13.4. The van der Waals surface area contributed by atoms with Gasteiger partial charge in [-0.3, -0.25) is 19.1 Å². The Labute approximate surface area is 194 Å². The molecule has 0 spiro atoms. The van der Waals surface area contributed by atoms with Gasteiger partial charge in [0.2, 0.25) is 5.91 Å². The van der Waals surface area contributed by atoms with Gasteiger partial charge in [-0.25, -0.2) is 0 Å². The first-order chi connectivity index (χ1) is 15.9. The molecule has 8 heteroatoms. The fraction of sp³-hybridized carbons (Fsp3) is 0.520. The van der Waals surface area contributed by atoms with Crippen LogP contribution in [0.4, 0.5) is 0 Å². The molecule has 0 bridgehead atoms. The number of hydrogen-bond acceptors (Lipinski definition) is 4. The zero-order valence-corrected chi connectivity index (χ0v) is 19.5. The number of nitrogens with one attached hydrogen (secondary N) is 1. The van der Waals surface area contributed by atoms with E-state index in [1.54, 1.807) is 15.6 Å². The highest BCUT2D eigenvalue weighted by Crippen LogP contribution is 2.22. The number of benzene rings is 1. The monoisotopic (exact) mass is 451 g/mol. The largest absolute Gasteiger partial charge is 0.354 e. The van der Waals surface area contributed by atoms with Crippen molar-refractivity contribution in [3.05, 3.63) is 53.3 Å². The highest BCUT2D eigenvalue weighted by molar-refractivity contribution is 5.99. The highest BCUT2D eigenvalue weighted by atomic mass is 16.2. The molecule has 2 aliphatic heterocycles. The van der Waals surface area contributed by atoms with Crippen LogP contribution in [-0.4, -0.2) is 63.0 Å². The number of likely N-dealkylation sites (tertiary alicyclic amines) is 1. The van der Waals surface area contributed by atoms with Crippen LogP contribution >= 0.6 is 0 Å². The van der Waals surface area contributed by atoms with E-state index in [4.69, 9.17) is 0 Å². The van der Waals surface area contributed by atoms with E-state index in [2.05, 4.69) is 10.4 Å². The average Bonchev–Trinajstić information content (AvgIpc) is 3.20. The summed E-state index contributed by atoms with van der Waals surface area (Å²) in [6.07, 6.45) is 3.19. The predicted molar refractivity (Wildman–Crippen MR) is 125 cm³/mol. The van der Waals surface area contributed by atoms with Crippen molar-refractivity contribution in [2.75, 3.05) is 19.6 Å². The van der Waals surface area contributed by atoms with Crippen LogP contribution in [0, 0.1) is 5.92 Å². The number of carbonyl (C=O) groups is 3. The van der Waals surface area contributed by atoms with Crippen LogP contribution in [0.3, 0.4) is 0 Å². The summed E-state index contributed by atoms with van der Waals surface area (Å²) < 4.78 is 1.65. The summed E-state index contributed by atoms with van der Waals surface area (Å²) in [5.41, 5.74) is 1.74. The minimum absolute atomic E-state index is 0.109. The van der Waals surface area contributed by atoms with Crippen LogP contribution in [0.2, 0.25) is 0 Å². The summed E-state index contributed by atoms with van der Waals surface area (Å²) in [6, 6.07) is 11.0.